The Bertz CT molecular complexity index is 324. The first-order valence-corrected chi connectivity index (χ1v) is 8.53. The number of rotatable bonds is 1. The molecule has 2 heterocycles. The molecule has 2 unspecified atom stereocenters. The zero-order valence-electron chi connectivity index (χ0n) is 11.7. The number of hydrogen-bond donors (Lipinski definition) is 1. The van der Waals surface area contributed by atoms with E-state index in [-0.39, 0.29) is 11.0 Å². The summed E-state index contributed by atoms with van der Waals surface area (Å²) in [6.07, 6.45) is 6.86. The van der Waals surface area contributed by atoms with Crippen LogP contribution in [0.25, 0.3) is 0 Å². The second-order valence-corrected chi connectivity index (χ2v) is 8.50. The van der Waals surface area contributed by atoms with Crippen molar-refractivity contribution in [2.75, 3.05) is 18.1 Å². The van der Waals surface area contributed by atoms with Gasteiger partial charge >= 0.3 is 0 Å². The predicted octanol–water partition coefficient (Wildman–Crippen LogP) is 3.23. The molecule has 0 aromatic rings. The van der Waals surface area contributed by atoms with E-state index < -0.39 is 5.60 Å². The molecule has 2 saturated heterocycles. The van der Waals surface area contributed by atoms with E-state index in [1.54, 1.807) is 0 Å². The quantitative estimate of drug-likeness (QED) is 0.793. The number of aliphatic hydroxyl groups is 1. The zero-order valence-corrected chi connectivity index (χ0v) is 12.5. The minimum absolute atomic E-state index is 0.158. The van der Waals surface area contributed by atoms with Crippen LogP contribution in [0.4, 0.5) is 0 Å². The van der Waals surface area contributed by atoms with Crippen molar-refractivity contribution in [3.8, 4) is 0 Å². The van der Waals surface area contributed by atoms with Crippen LogP contribution >= 0.6 is 11.8 Å². The highest BCUT2D eigenvalue weighted by molar-refractivity contribution is 7.99. The van der Waals surface area contributed by atoms with E-state index in [1.807, 2.05) is 11.8 Å². The highest BCUT2D eigenvalue weighted by atomic mass is 32.2. The highest BCUT2D eigenvalue weighted by Gasteiger charge is 2.51. The lowest BCUT2D eigenvalue weighted by Gasteiger charge is -2.53. The maximum atomic E-state index is 11.1. The molecular weight excluding hydrogens is 244 g/mol. The molecule has 0 aromatic heterocycles. The van der Waals surface area contributed by atoms with Crippen LogP contribution in [0.3, 0.4) is 0 Å². The molecule has 2 nitrogen and oxygen atoms in total. The van der Waals surface area contributed by atoms with Crippen molar-refractivity contribution in [3.05, 3.63) is 0 Å². The molecule has 0 radical (unpaired) electrons. The van der Waals surface area contributed by atoms with E-state index in [2.05, 4.69) is 13.8 Å². The van der Waals surface area contributed by atoms with Gasteiger partial charge in [0.2, 0.25) is 0 Å². The smallest absolute Gasteiger partial charge is 0.0773 e. The van der Waals surface area contributed by atoms with Crippen LogP contribution < -0.4 is 0 Å². The maximum absolute atomic E-state index is 11.1. The van der Waals surface area contributed by atoms with E-state index in [0.29, 0.717) is 5.92 Å². The first-order valence-electron chi connectivity index (χ1n) is 7.37. The third-order valence-electron chi connectivity index (χ3n) is 5.15. The molecule has 3 aliphatic rings. The van der Waals surface area contributed by atoms with Crippen molar-refractivity contribution in [2.24, 2.45) is 11.3 Å². The summed E-state index contributed by atoms with van der Waals surface area (Å²) in [4.78, 5) is 0. The van der Waals surface area contributed by atoms with Crippen LogP contribution in [0, 0.1) is 11.3 Å². The van der Waals surface area contributed by atoms with Crippen LogP contribution in [-0.4, -0.2) is 34.4 Å². The monoisotopic (exact) mass is 270 g/mol. The van der Waals surface area contributed by atoms with Gasteiger partial charge in [0.25, 0.3) is 0 Å². The SMILES string of the molecule is CC1(C)CSCC(O)(C2CCOC3(CCC3)C2)C1. The number of thioether (sulfide) groups is 1. The Morgan fingerprint density at radius 3 is 2.61 bits per heavy atom. The van der Waals surface area contributed by atoms with Crippen LogP contribution in [0.5, 0.6) is 0 Å². The summed E-state index contributed by atoms with van der Waals surface area (Å²) in [5, 5.41) is 11.1. The van der Waals surface area contributed by atoms with E-state index >= 15 is 0 Å². The second kappa shape index (κ2) is 4.39. The third-order valence-corrected chi connectivity index (χ3v) is 6.84. The Morgan fingerprint density at radius 2 is 2.00 bits per heavy atom. The summed E-state index contributed by atoms with van der Waals surface area (Å²) in [6, 6.07) is 0. The Balaban J connectivity index is 1.72. The molecule has 0 aromatic carbocycles. The Kier molecular flexibility index (Phi) is 3.23. The van der Waals surface area contributed by atoms with Gasteiger partial charge in [0, 0.05) is 12.4 Å². The topological polar surface area (TPSA) is 29.5 Å². The fourth-order valence-corrected chi connectivity index (χ4v) is 5.55. The normalized spacial score (nSPS) is 42.5. The largest absolute Gasteiger partial charge is 0.389 e. The molecule has 2 aliphatic heterocycles. The molecule has 3 rings (SSSR count). The number of ether oxygens (including phenoxy) is 1. The van der Waals surface area contributed by atoms with Gasteiger partial charge in [-0.1, -0.05) is 13.8 Å². The van der Waals surface area contributed by atoms with Crippen molar-refractivity contribution in [3.63, 3.8) is 0 Å². The maximum Gasteiger partial charge on any atom is 0.0773 e. The van der Waals surface area contributed by atoms with Gasteiger partial charge in [-0.2, -0.15) is 11.8 Å². The minimum atomic E-state index is -0.446. The summed E-state index contributed by atoms with van der Waals surface area (Å²) in [5.41, 5.74) is -0.00750. The molecule has 3 fully saturated rings. The number of hydrogen-bond acceptors (Lipinski definition) is 3. The molecule has 0 bridgehead atoms. The van der Waals surface area contributed by atoms with Crippen molar-refractivity contribution in [1.29, 1.82) is 0 Å². The summed E-state index contributed by atoms with van der Waals surface area (Å²) >= 11 is 1.94. The Labute approximate surface area is 115 Å². The lowest BCUT2D eigenvalue weighted by Crippen LogP contribution is -2.55. The van der Waals surface area contributed by atoms with Gasteiger partial charge in [-0.15, -0.1) is 0 Å². The lowest BCUT2D eigenvalue weighted by molar-refractivity contribution is -0.176. The molecular formula is C15H26O2S. The third kappa shape index (κ3) is 2.34. The van der Waals surface area contributed by atoms with Gasteiger partial charge in [0.1, 0.15) is 0 Å². The van der Waals surface area contributed by atoms with E-state index in [1.165, 1.54) is 25.0 Å². The van der Waals surface area contributed by atoms with Crippen LogP contribution in [0.1, 0.15) is 52.4 Å². The summed E-state index contributed by atoms with van der Waals surface area (Å²) < 4.78 is 6.00. The lowest BCUT2D eigenvalue weighted by atomic mass is 9.65. The highest BCUT2D eigenvalue weighted by Crippen LogP contribution is 2.51. The minimum Gasteiger partial charge on any atom is -0.389 e. The summed E-state index contributed by atoms with van der Waals surface area (Å²) in [6.45, 7) is 5.45. The average Bonchev–Trinajstić information content (AvgIpc) is 2.25. The Hall–Kier alpha value is 0.270. The van der Waals surface area contributed by atoms with Gasteiger partial charge in [-0.05, 0) is 55.6 Å². The predicted molar refractivity (Wildman–Crippen MR) is 75.9 cm³/mol. The van der Waals surface area contributed by atoms with E-state index in [4.69, 9.17) is 4.74 Å². The van der Waals surface area contributed by atoms with Crippen molar-refractivity contribution < 1.29 is 9.84 Å². The molecule has 1 N–H and O–H groups in total. The van der Waals surface area contributed by atoms with Crippen LogP contribution in [0.15, 0.2) is 0 Å². The molecule has 0 amide bonds. The standard InChI is InChI=1S/C15H26O2S/c1-13(2)9-15(16,11-18-10-13)12-4-7-17-14(8-12)5-3-6-14/h12,16H,3-11H2,1-2H3. The molecule has 1 saturated carbocycles. The van der Waals surface area contributed by atoms with Crippen molar-refractivity contribution in [2.45, 2.75) is 63.6 Å². The van der Waals surface area contributed by atoms with Gasteiger partial charge in [-0.3, -0.25) is 0 Å². The first-order chi connectivity index (χ1) is 8.43. The first kappa shape index (κ1) is 13.3. The Morgan fingerprint density at radius 1 is 1.22 bits per heavy atom. The summed E-state index contributed by atoms with van der Waals surface area (Å²) in [5.74, 6) is 2.57. The molecule has 2 atom stereocenters. The van der Waals surface area contributed by atoms with Gasteiger partial charge in [-0.25, -0.2) is 0 Å². The fourth-order valence-electron chi connectivity index (χ4n) is 4.10. The van der Waals surface area contributed by atoms with E-state index in [0.717, 1.165) is 31.6 Å². The van der Waals surface area contributed by atoms with Gasteiger partial charge in [0.15, 0.2) is 0 Å². The molecule has 1 aliphatic carbocycles. The second-order valence-electron chi connectivity index (χ2n) is 7.51. The van der Waals surface area contributed by atoms with Crippen molar-refractivity contribution >= 4 is 11.8 Å². The molecule has 104 valence electrons. The van der Waals surface area contributed by atoms with Crippen molar-refractivity contribution in [1.82, 2.24) is 0 Å². The van der Waals surface area contributed by atoms with Crippen LogP contribution in [0.2, 0.25) is 0 Å². The van der Waals surface area contributed by atoms with Gasteiger partial charge in [0.05, 0.1) is 11.2 Å². The molecule has 18 heavy (non-hydrogen) atoms. The summed E-state index contributed by atoms with van der Waals surface area (Å²) in [7, 11) is 0. The van der Waals surface area contributed by atoms with E-state index in [9.17, 15) is 5.11 Å². The molecule has 1 spiro atoms. The van der Waals surface area contributed by atoms with Crippen LogP contribution in [-0.2, 0) is 4.74 Å². The van der Waals surface area contributed by atoms with Gasteiger partial charge < -0.3 is 9.84 Å². The molecule has 3 heteroatoms. The fraction of sp³-hybridized carbons (Fsp3) is 1.00. The average molecular weight is 270 g/mol. The zero-order chi connectivity index (χ0) is 12.9.